The fourth-order valence-electron chi connectivity index (χ4n) is 3.06. The third kappa shape index (κ3) is 5.10. The van der Waals surface area contributed by atoms with E-state index in [1.807, 2.05) is 70.2 Å². The number of rotatable bonds is 7. The second kappa shape index (κ2) is 8.57. The first-order valence-corrected chi connectivity index (χ1v) is 10.9. The molecule has 146 valence electrons. The van der Waals surface area contributed by atoms with Crippen LogP contribution in [0.15, 0.2) is 48.5 Å². The second-order valence-corrected chi connectivity index (χ2v) is 8.75. The first kappa shape index (κ1) is 21.0. The predicted molar refractivity (Wildman–Crippen MR) is 110 cm³/mol. The molecule has 1 unspecified atom stereocenters. The van der Waals surface area contributed by atoms with Gasteiger partial charge in [0.05, 0.1) is 18.0 Å². The Balaban J connectivity index is 2.34. The van der Waals surface area contributed by atoms with Crippen molar-refractivity contribution in [3.05, 3.63) is 65.2 Å². The third-order valence-corrected chi connectivity index (χ3v) is 5.91. The number of benzene rings is 2. The van der Waals surface area contributed by atoms with Crippen molar-refractivity contribution in [1.29, 1.82) is 0 Å². The maximum atomic E-state index is 13.0. The van der Waals surface area contributed by atoms with Crippen molar-refractivity contribution in [2.75, 3.05) is 10.6 Å². The van der Waals surface area contributed by atoms with E-state index in [-0.39, 0.29) is 11.9 Å². The molecule has 0 spiro atoms. The molecule has 5 nitrogen and oxygen atoms in total. The van der Waals surface area contributed by atoms with E-state index in [2.05, 4.69) is 5.32 Å². The molecule has 27 heavy (non-hydrogen) atoms. The smallest absolute Gasteiger partial charge is 0.244 e. The molecule has 1 amide bonds. The zero-order valence-electron chi connectivity index (χ0n) is 16.6. The minimum atomic E-state index is -3.63. The quantitative estimate of drug-likeness (QED) is 0.786. The van der Waals surface area contributed by atoms with E-state index in [4.69, 9.17) is 0 Å². The highest BCUT2D eigenvalue weighted by atomic mass is 32.2. The standard InChI is InChI=1S/C21H28N2O3S/c1-6-20(21(24)22-17(4)18-10-8-7-9-11-18)23(27(5,25)26)19-13-12-15(2)16(3)14-19/h7-14,17,20H,6H2,1-5H3,(H,22,24)/t17-,20?/m1/s1. The molecule has 0 bridgehead atoms. The van der Waals surface area contributed by atoms with E-state index in [0.717, 1.165) is 22.9 Å². The van der Waals surface area contributed by atoms with E-state index in [1.54, 1.807) is 6.07 Å². The molecule has 0 fully saturated rings. The van der Waals surface area contributed by atoms with Gasteiger partial charge in [0, 0.05) is 0 Å². The summed E-state index contributed by atoms with van der Waals surface area (Å²) in [6.45, 7) is 7.60. The molecule has 0 aliphatic rings. The van der Waals surface area contributed by atoms with Crippen LogP contribution in [0.5, 0.6) is 0 Å². The van der Waals surface area contributed by atoms with Crippen molar-refractivity contribution in [3.63, 3.8) is 0 Å². The maximum absolute atomic E-state index is 13.0. The first-order valence-electron chi connectivity index (χ1n) is 9.07. The van der Waals surface area contributed by atoms with Gasteiger partial charge in [-0.2, -0.15) is 0 Å². The summed E-state index contributed by atoms with van der Waals surface area (Å²) in [7, 11) is -3.63. The van der Waals surface area contributed by atoms with Gasteiger partial charge in [-0.25, -0.2) is 8.42 Å². The minimum absolute atomic E-state index is 0.214. The van der Waals surface area contributed by atoms with Gasteiger partial charge in [0.2, 0.25) is 15.9 Å². The molecular weight excluding hydrogens is 360 g/mol. The van der Waals surface area contributed by atoms with Crippen LogP contribution in [0.25, 0.3) is 0 Å². The average molecular weight is 389 g/mol. The van der Waals surface area contributed by atoms with Gasteiger partial charge >= 0.3 is 0 Å². The first-order chi connectivity index (χ1) is 12.6. The monoisotopic (exact) mass is 388 g/mol. The van der Waals surface area contributed by atoms with Crippen LogP contribution in [0.3, 0.4) is 0 Å². The summed E-state index contributed by atoms with van der Waals surface area (Å²) in [5.74, 6) is -0.308. The molecule has 2 atom stereocenters. The summed E-state index contributed by atoms with van der Waals surface area (Å²) < 4.78 is 26.3. The number of sulfonamides is 1. The van der Waals surface area contributed by atoms with Gasteiger partial charge in [0.15, 0.2) is 0 Å². The summed E-state index contributed by atoms with van der Waals surface area (Å²) in [6, 6.07) is 14.0. The molecule has 2 aromatic carbocycles. The predicted octanol–water partition coefficient (Wildman–Crippen LogP) is 3.73. The minimum Gasteiger partial charge on any atom is -0.348 e. The van der Waals surface area contributed by atoms with Gasteiger partial charge in [-0.1, -0.05) is 43.3 Å². The highest BCUT2D eigenvalue weighted by molar-refractivity contribution is 7.92. The van der Waals surface area contributed by atoms with Crippen LogP contribution in [-0.2, 0) is 14.8 Å². The molecule has 0 heterocycles. The van der Waals surface area contributed by atoms with E-state index in [1.165, 1.54) is 4.31 Å². The molecule has 0 aliphatic carbocycles. The molecule has 0 saturated carbocycles. The summed E-state index contributed by atoms with van der Waals surface area (Å²) in [6.07, 6.45) is 1.51. The highest BCUT2D eigenvalue weighted by Gasteiger charge is 2.32. The SMILES string of the molecule is CCC(C(=O)N[C@H](C)c1ccccc1)N(c1ccc(C)c(C)c1)S(C)(=O)=O. The number of nitrogens with zero attached hydrogens (tertiary/aromatic N) is 1. The Morgan fingerprint density at radius 1 is 1.07 bits per heavy atom. The fourth-order valence-corrected chi connectivity index (χ4v) is 4.26. The number of aryl methyl sites for hydroxylation is 2. The summed E-state index contributed by atoms with van der Waals surface area (Å²) in [5.41, 5.74) is 3.53. The summed E-state index contributed by atoms with van der Waals surface area (Å²) in [4.78, 5) is 13.0. The van der Waals surface area contributed by atoms with Crippen molar-refractivity contribution in [2.45, 2.75) is 46.2 Å². The van der Waals surface area contributed by atoms with Crippen LogP contribution >= 0.6 is 0 Å². The molecule has 2 aromatic rings. The lowest BCUT2D eigenvalue weighted by Crippen LogP contribution is -2.49. The van der Waals surface area contributed by atoms with E-state index >= 15 is 0 Å². The van der Waals surface area contributed by atoms with Crippen LogP contribution in [0.1, 0.15) is 43.0 Å². The third-order valence-electron chi connectivity index (χ3n) is 4.73. The topological polar surface area (TPSA) is 66.5 Å². The normalized spacial score (nSPS) is 13.7. The zero-order valence-corrected chi connectivity index (χ0v) is 17.4. The number of hydrogen-bond donors (Lipinski definition) is 1. The largest absolute Gasteiger partial charge is 0.348 e. The van der Waals surface area contributed by atoms with E-state index in [9.17, 15) is 13.2 Å². The van der Waals surface area contributed by atoms with E-state index in [0.29, 0.717) is 12.1 Å². The van der Waals surface area contributed by atoms with Gasteiger partial charge in [0.1, 0.15) is 6.04 Å². The number of hydrogen-bond acceptors (Lipinski definition) is 3. The maximum Gasteiger partial charge on any atom is 0.244 e. The molecular formula is C21H28N2O3S. The lowest BCUT2D eigenvalue weighted by Gasteiger charge is -2.31. The van der Waals surface area contributed by atoms with Gasteiger partial charge < -0.3 is 5.32 Å². The molecule has 2 rings (SSSR count). The van der Waals surface area contributed by atoms with Crippen LogP contribution in [0.4, 0.5) is 5.69 Å². The number of nitrogens with one attached hydrogen (secondary N) is 1. The molecule has 0 aromatic heterocycles. The number of amides is 1. The molecule has 1 N–H and O–H groups in total. The number of carbonyl (C=O) groups is 1. The van der Waals surface area contributed by atoms with Crippen LogP contribution < -0.4 is 9.62 Å². The van der Waals surface area contributed by atoms with Crippen molar-refractivity contribution in [3.8, 4) is 0 Å². The molecule has 6 heteroatoms. The van der Waals surface area contributed by atoms with Crippen LogP contribution in [0, 0.1) is 13.8 Å². The Hall–Kier alpha value is -2.34. The van der Waals surface area contributed by atoms with Crippen molar-refractivity contribution in [1.82, 2.24) is 5.32 Å². The zero-order chi connectivity index (χ0) is 20.2. The summed E-state index contributed by atoms with van der Waals surface area (Å²) in [5, 5.41) is 2.95. The lowest BCUT2D eigenvalue weighted by molar-refractivity contribution is -0.122. The lowest BCUT2D eigenvalue weighted by atomic mass is 10.1. The van der Waals surface area contributed by atoms with Crippen LogP contribution in [0.2, 0.25) is 0 Å². The molecule has 0 aliphatic heterocycles. The Morgan fingerprint density at radius 3 is 2.22 bits per heavy atom. The average Bonchev–Trinajstić information content (AvgIpc) is 2.61. The Labute approximate surface area is 162 Å². The van der Waals surface area contributed by atoms with Crippen molar-refractivity contribution < 1.29 is 13.2 Å². The highest BCUT2D eigenvalue weighted by Crippen LogP contribution is 2.25. The number of anilines is 1. The van der Waals surface area contributed by atoms with Gasteiger partial charge in [0.25, 0.3) is 0 Å². The van der Waals surface area contributed by atoms with Gasteiger partial charge in [-0.3, -0.25) is 9.10 Å². The van der Waals surface area contributed by atoms with Crippen molar-refractivity contribution >= 4 is 21.6 Å². The Morgan fingerprint density at radius 2 is 1.70 bits per heavy atom. The van der Waals surface area contributed by atoms with Crippen LogP contribution in [-0.4, -0.2) is 26.6 Å². The Kier molecular flexibility index (Phi) is 6.65. The summed E-state index contributed by atoms with van der Waals surface area (Å²) >= 11 is 0. The fraction of sp³-hybridized carbons (Fsp3) is 0.381. The second-order valence-electron chi connectivity index (χ2n) is 6.89. The van der Waals surface area contributed by atoms with Gasteiger partial charge in [-0.15, -0.1) is 0 Å². The Bertz CT molecular complexity index is 895. The molecule has 0 saturated heterocycles. The molecule has 0 radical (unpaired) electrons. The van der Waals surface area contributed by atoms with E-state index < -0.39 is 16.1 Å². The van der Waals surface area contributed by atoms with Gasteiger partial charge in [-0.05, 0) is 56.0 Å². The number of carbonyl (C=O) groups excluding carboxylic acids is 1. The van der Waals surface area contributed by atoms with Crippen molar-refractivity contribution in [2.24, 2.45) is 0 Å².